The number of ether oxygens (including phenoxy) is 1. The third-order valence-electron chi connectivity index (χ3n) is 2.33. The van der Waals surface area contributed by atoms with Gasteiger partial charge in [-0.05, 0) is 27.7 Å². The van der Waals surface area contributed by atoms with Crippen LogP contribution in [0.5, 0.6) is 0 Å². The lowest BCUT2D eigenvalue weighted by Crippen LogP contribution is -2.53. The molecule has 0 aromatic carbocycles. The molecule has 0 radical (unpaired) electrons. The number of rotatable bonds is 5. The lowest BCUT2D eigenvalue weighted by Gasteiger charge is -2.36. The Balaban J connectivity index is 4.80. The first kappa shape index (κ1) is 17.2. The number of carboxylic acid groups (broad SMARTS) is 1. The van der Waals surface area contributed by atoms with Crippen LogP contribution in [0.1, 0.15) is 27.7 Å². The molecule has 0 rings (SSSR count). The lowest BCUT2D eigenvalue weighted by molar-refractivity contribution is -0.143. The van der Waals surface area contributed by atoms with Crippen LogP contribution in [0.15, 0.2) is 0 Å². The zero-order valence-corrected chi connectivity index (χ0v) is 12.1. The molecule has 0 aliphatic rings. The summed E-state index contributed by atoms with van der Waals surface area (Å²) in [5, 5.41) is 8.84. The molecule has 0 aliphatic heterocycles. The van der Waals surface area contributed by atoms with Crippen molar-refractivity contribution in [3.05, 3.63) is 0 Å². The summed E-state index contributed by atoms with van der Waals surface area (Å²) >= 11 is 0. The Morgan fingerprint density at radius 3 is 2.05 bits per heavy atom. The maximum atomic E-state index is 12.1. The largest absolute Gasteiger partial charge is 0.480 e. The predicted molar refractivity (Wildman–Crippen MR) is 68.8 cm³/mol. The number of carbonyl (C=O) groups is 3. The van der Waals surface area contributed by atoms with Gasteiger partial charge in [0, 0.05) is 12.6 Å². The molecule has 0 saturated heterocycles. The second-order valence-electron chi connectivity index (χ2n) is 5.09. The Kier molecular flexibility index (Phi) is 6.31. The van der Waals surface area contributed by atoms with E-state index in [1.807, 2.05) is 0 Å². The first-order valence-corrected chi connectivity index (χ1v) is 5.99. The number of likely N-dealkylation sites (N-methyl/N-ethyl adjacent to an activating group) is 1. The number of amides is 2. The van der Waals surface area contributed by atoms with Crippen LogP contribution in [0.25, 0.3) is 0 Å². The molecule has 0 aromatic heterocycles. The van der Waals surface area contributed by atoms with Gasteiger partial charge in [0.25, 0.3) is 0 Å². The Morgan fingerprint density at radius 1 is 1.16 bits per heavy atom. The third-order valence-corrected chi connectivity index (χ3v) is 2.33. The summed E-state index contributed by atoms with van der Waals surface area (Å²) in [4.78, 5) is 36.6. The molecule has 0 bridgehead atoms. The fourth-order valence-electron chi connectivity index (χ4n) is 1.40. The number of carboxylic acids is 1. The lowest BCUT2D eigenvalue weighted by atomic mass is 10.1. The van der Waals surface area contributed by atoms with E-state index >= 15 is 0 Å². The molecule has 0 aliphatic carbocycles. The van der Waals surface area contributed by atoms with Crippen molar-refractivity contribution in [1.82, 2.24) is 9.80 Å². The average molecular weight is 274 g/mol. The summed E-state index contributed by atoms with van der Waals surface area (Å²) in [5.41, 5.74) is -0.654. The Labute approximate surface area is 113 Å². The number of esters is 1. The fraction of sp³-hybridized carbons (Fsp3) is 0.750. The molecule has 0 spiro atoms. The minimum absolute atomic E-state index is 0.209. The summed E-state index contributed by atoms with van der Waals surface area (Å²) in [6.45, 7) is 6.46. The van der Waals surface area contributed by atoms with Gasteiger partial charge in [-0.25, -0.2) is 4.79 Å². The summed E-state index contributed by atoms with van der Waals surface area (Å²) in [6, 6.07) is -0.525. The van der Waals surface area contributed by atoms with E-state index in [0.717, 1.165) is 4.90 Å². The van der Waals surface area contributed by atoms with Gasteiger partial charge in [0.1, 0.15) is 13.1 Å². The molecule has 0 saturated carbocycles. The number of hydrogen-bond donors (Lipinski definition) is 1. The van der Waals surface area contributed by atoms with E-state index in [-0.39, 0.29) is 13.2 Å². The normalized spacial score (nSPS) is 10.8. The van der Waals surface area contributed by atoms with Crippen molar-refractivity contribution in [2.45, 2.75) is 33.2 Å². The molecule has 7 nitrogen and oxygen atoms in total. The van der Waals surface area contributed by atoms with Gasteiger partial charge in [0.15, 0.2) is 0 Å². The average Bonchev–Trinajstić information content (AvgIpc) is 2.23. The van der Waals surface area contributed by atoms with Gasteiger partial charge in [0.05, 0.1) is 6.61 Å². The van der Waals surface area contributed by atoms with Gasteiger partial charge in [0.2, 0.25) is 0 Å². The molecular weight excluding hydrogens is 252 g/mol. The molecule has 7 heteroatoms. The summed E-state index contributed by atoms with van der Waals surface area (Å²) in [7, 11) is 1.43. The molecular formula is C12H22N2O5. The monoisotopic (exact) mass is 274 g/mol. The van der Waals surface area contributed by atoms with Gasteiger partial charge >= 0.3 is 18.0 Å². The van der Waals surface area contributed by atoms with Crippen LogP contribution in [0.3, 0.4) is 0 Å². The van der Waals surface area contributed by atoms with Crippen molar-refractivity contribution in [3.63, 3.8) is 0 Å². The van der Waals surface area contributed by atoms with Gasteiger partial charge in [-0.3, -0.25) is 9.59 Å². The molecule has 110 valence electrons. The Hall–Kier alpha value is -1.79. The van der Waals surface area contributed by atoms with Crippen LogP contribution in [0.4, 0.5) is 4.79 Å². The van der Waals surface area contributed by atoms with Crippen LogP contribution in [0.2, 0.25) is 0 Å². The highest BCUT2D eigenvalue weighted by Gasteiger charge is 2.31. The van der Waals surface area contributed by atoms with Gasteiger partial charge in [-0.1, -0.05) is 0 Å². The maximum absolute atomic E-state index is 12.1. The molecule has 2 amide bonds. The highest BCUT2D eigenvalue weighted by molar-refractivity contribution is 5.84. The van der Waals surface area contributed by atoms with Crippen molar-refractivity contribution in [1.29, 1.82) is 0 Å². The quantitative estimate of drug-likeness (QED) is 0.749. The van der Waals surface area contributed by atoms with E-state index in [4.69, 9.17) is 9.84 Å². The minimum atomic E-state index is -1.10. The van der Waals surface area contributed by atoms with Gasteiger partial charge in [-0.15, -0.1) is 0 Å². The van der Waals surface area contributed by atoms with Crippen molar-refractivity contribution in [2.24, 2.45) is 0 Å². The molecule has 1 N–H and O–H groups in total. The number of carbonyl (C=O) groups excluding carboxylic acids is 2. The summed E-state index contributed by atoms with van der Waals surface area (Å²) in [6.07, 6.45) is 0. The fourth-order valence-corrected chi connectivity index (χ4v) is 1.40. The number of urea groups is 1. The van der Waals surface area contributed by atoms with Gasteiger partial charge in [-0.2, -0.15) is 0 Å². The number of nitrogens with zero attached hydrogens (tertiary/aromatic N) is 2. The Morgan fingerprint density at radius 2 is 1.68 bits per heavy atom. The van der Waals surface area contributed by atoms with Crippen molar-refractivity contribution >= 4 is 18.0 Å². The van der Waals surface area contributed by atoms with E-state index < -0.39 is 30.1 Å². The predicted octanol–water partition coefficient (Wildman–Crippen LogP) is 0.786. The second kappa shape index (κ2) is 6.96. The van der Waals surface area contributed by atoms with E-state index in [0.29, 0.717) is 0 Å². The number of aliphatic carboxylic acids is 1. The van der Waals surface area contributed by atoms with Crippen LogP contribution >= 0.6 is 0 Å². The molecule has 19 heavy (non-hydrogen) atoms. The highest BCUT2D eigenvalue weighted by Crippen LogP contribution is 2.15. The summed E-state index contributed by atoms with van der Waals surface area (Å²) in [5.74, 6) is -1.63. The Bertz CT molecular complexity index is 349. The van der Waals surface area contributed by atoms with E-state index in [1.165, 1.54) is 11.9 Å². The van der Waals surface area contributed by atoms with Crippen molar-refractivity contribution < 1.29 is 24.2 Å². The minimum Gasteiger partial charge on any atom is -0.480 e. The van der Waals surface area contributed by atoms with E-state index in [2.05, 4.69) is 0 Å². The zero-order chi connectivity index (χ0) is 15.2. The third kappa shape index (κ3) is 6.08. The molecule has 0 unspecified atom stereocenters. The standard InChI is InChI=1S/C12H22N2O5/c1-6-19-10(17)8-13(5)11(18)14(7-9(15)16)12(2,3)4/h6-8H2,1-5H3,(H,15,16). The molecule has 0 aromatic rings. The van der Waals surface area contributed by atoms with Crippen LogP contribution in [-0.4, -0.2) is 65.2 Å². The first-order chi connectivity index (χ1) is 8.59. The zero-order valence-electron chi connectivity index (χ0n) is 12.1. The second-order valence-corrected chi connectivity index (χ2v) is 5.09. The summed E-state index contributed by atoms with van der Waals surface area (Å²) < 4.78 is 4.74. The molecule has 0 fully saturated rings. The van der Waals surface area contributed by atoms with Crippen molar-refractivity contribution in [3.8, 4) is 0 Å². The van der Waals surface area contributed by atoms with Gasteiger partial charge < -0.3 is 19.6 Å². The van der Waals surface area contributed by atoms with Crippen LogP contribution in [0, 0.1) is 0 Å². The SMILES string of the molecule is CCOC(=O)CN(C)C(=O)N(CC(=O)O)C(C)(C)C. The van der Waals surface area contributed by atoms with Crippen LogP contribution in [-0.2, 0) is 14.3 Å². The smallest absolute Gasteiger partial charge is 0.325 e. The highest BCUT2D eigenvalue weighted by atomic mass is 16.5. The van der Waals surface area contributed by atoms with E-state index in [1.54, 1.807) is 27.7 Å². The first-order valence-electron chi connectivity index (χ1n) is 5.99. The van der Waals surface area contributed by atoms with E-state index in [9.17, 15) is 14.4 Å². The topological polar surface area (TPSA) is 87.2 Å². The van der Waals surface area contributed by atoms with Crippen LogP contribution < -0.4 is 0 Å². The number of hydrogen-bond acceptors (Lipinski definition) is 4. The molecule has 0 heterocycles. The maximum Gasteiger partial charge on any atom is 0.325 e. The van der Waals surface area contributed by atoms with Crippen molar-refractivity contribution in [2.75, 3.05) is 26.7 Å². The molecule has 0 atom stereocenters.